The summed E-state index contributed by atoms with van der Waals surface area (Å²) in [5.41, 5.74) is 2.13. The number of hydrogen-bond acceptors (Lipinski definition) is 4. The number of aryl methyl sites for hydroxylation is 1. The second-order valence-corrected chi connectivity index (χ2v) is 6.53. The van der Waals surface area contributed by atoms with E-state index in [9.17, 15) is 4.79 Å². The van der Waals surface area contributed by atoms with Gasteiger partial charge in [-0.25, -0.2) is 4.99 Å². The molecule has 0 radical (unpaired) electrons. The van der Waals surface area contributed by atoms with Gasteiger partial charge in [-0.2, -0.15) is 0 Å². The molecule has 1 aromatic heterocycles. The van der Waals surface area contributed by atoms with Crippen LogP contribution < -0.4 is 5.32 Å². The third kappa shape index (κ3) is 3.43. The third-order valence-corrected chi connectivity index (χ3v) is 4.77. The van der Waals surface area contributed by atoms with Crippen LogP contribution in [-0.2, 0) is 11.2 Å². The van der Waals surface area contributed by atoms with Gasteiger partial charge in [-0.3, -0.25) is 4.79 Å². The molecule has 2 aromatic rings. The van der Waals surface area contributed by atoms with Crippen molar-refractivity contribution in [2.75, 3.05) is 0 Å². The SMILES string of the molecule is CCc1ccc(N=C2NC(=O)C(=Cc3cccs3)S2)cc1. The highest BCUT2D eigenvalue weighted by molar-refractivity contribution is 8.18. The fraction of sp³-hybridized carbons (Fsp3) is 0.125. The lowest BCUT2D eigenvalue weighted by Crippen LogP contribution is -2.19. The smallest absolute Gasteiger partial charge is 0.264 e. The zero-order valence-corrected chi connectivity index (χ0v) is 13.1. The van der Waals surface area contributed by atoms with Gasteiger partial charge in [-0.1, -0.05) is 25.1 Å². The van der Waals surface area contributed by atoms with E-state index >= 15 is 0 Å². The topological polar surface area (TPSA) is 41.5 Å². The molecule has 1 aliphatic heterocycles. The van der Waals surface area contributed by atoms with Crippen LogP contribution in [0.5, 0.6) is 0 Å². The Kier molecular flexibility index (Phi) is 4.22. The minimum absolute atomic E-state index is 0.0858. The predicted molar refractivity (Wildman–Crippen MR) is 90.9 cm³/mol. The molecule has 0 saturated carbocycles. The van der Waals surface area contributed by atoms with E-state index in [1.54, 1.807) is 11.3 Å². The lowest BCUT2D eigenvalue weighted by molar-refractivity contribution is -0.115. The quantitative estimate of drug-likeness (QED) is 0.863. The average Bonchev–Trinajstić information content (AvgIpc) is 3.11. The highest BCUT2D eigenvalue weighted by Gasteiger charge is 2.23. The second-order valence-electron chi connectivity index (χ2n) is 4.52. The van der Waals surface area contributed by atoms with Crippen molar-refractivity contribution in [1.82, 2.24) is 5.32 Å². The van der Waals surface area contributed by atoms with Gasteiger partial charge >= 0.3 is 0 Å². The number of thiophene rings is 1. The molecule has 1 amide bonds. The molecule has 1 fully saturated rings. The fourth-order valence-electron chi connectivity index (χ4n) is 1.91. The Morgan fingerprint density at radius 2 is 2.05 bits per heavy atom. The molecule has 21 heavy (non-hydrogen) atoms. The Hall–Kier alpha value is -1.85. The molecule has 0 atom stereocenters. The van der Waals surface area contributed by atoms with Gasteiger partial charge in [-0.05, 0) is 53.4 Å². The van der Waals surface area contributed by atoms with Gasteiger partial charge in [0.05, 0.1) is 10.6 Å². The molecule has 0 bridgehead atoms. The van der Waals surface area contributed by atoms with Gasteiger partial charge in [0, 0.05) is 4.88 Å². The number of rotatable bonds is 3. The second kappa shape index (κ2) is 6.28. The third-order valence-electron chi connectivity index (χ3n) is 3.04. The Labute approximate surface area is 131 Å². The van der Waals surface area contributed by atoms with Crippen molar-refractivity contribution in [3.8, 4) is 0 Å². The summed E-state index contributed by atoms with van der Waals surface area (Å²) in [4.78, 5) is 18.2. The molecule has 1 aliphatic rings. The first-order valence-corrected chi connectivity index (χ1v) is 8.36. The first-order valence-electron chi connectivity index (χ1n) is 6.66. The molecule has 1 saturated heterocycles. The Morgan fingerprint density at radius 1 is 1.24 bits per heavy atom. The lowest BCUT2D eigenvalue weighted by Gasteiger charge is -1.98. The number of nitrogens with one attached hydrogen (secondary N) is 1. The summed E-state index contributed by atoms with van der Waals surface area (Å²) in [6.45, 7) is 2.12. The summed E-state index contributed by atoms with van der Waals surface area (Å²) in [5, 5.41) is 5.43. The van der Waals surface area contributed by atoms with Crippen molar-refractivity contribution in [2.24, 2.45) is 4.99 Å². The molecule has 3 nitrogen and oxygen atoms in total. The van der Waals surface area contributed by atoms with Crippen LogP contribution in [0, 0.1) is 0 Å². The van der Waals surface area contributed by atoms with E-state index in [1.807, 2.05) is 35.7 Å². The number of hydrogen-bond donors (Lipinski definition) is 1. The van der Waals surface area contributed by atoms with Crippen molar-refractivity contribution in [3.05, 3.63) is 57.1 Å². The summed E-state index contributed by atoms with van der Waals surface area (Å²) < 4.78 is 0. The average molecular weight is 314 g/mol. The van der Waals surface area contributed by atoms with E-state index in [4.69, 9.17) is 0 Å². The maximum atomic E-state index is 11.9. The monoisotopic (exact) mass is 314 g/mol. The number of amides is 1. The number of aliphatic imine (C=N–C) groups is 1. The standard InChI is InChI=1S/C16H14N2OS2/c1-2-11-5-7-12(8-6-11)17-16-18-15(19)14(21-16)10-13-4-3-9-20-13/h3-10H,2H2,1H3,(H,17,18,19). The van der Waals surface area contributed by atoms with Crippen molar-refractivity contribution in [2.45, 2.75) is 13.3 Å². The lowest BCUT2D eigenvalue weighted by atomic mass is 10.2. The van der Waals surface area contributed by atoms with E-state index < -0.39 is 0 Å². The van der Waals surface area contributed by atoms with Gasteiger partial charge in [0.2, 0.25) is 0 Å². The van der Waals surface area contributed by atoms with E-state index in [-0.39, 0.29) is 5.91 Å². The molecule has 5 heteroatoms. The number of nitrogens with zero attached hydrogens (tertiary/aromatic N) is 1. The molecule has 106 valence electrons. The highest BCUT2D eigenvalue weighted by Crippen LogP contribution is 2.29. The van der Waals surface area contributed by atoms with Crippen molar-refractivity contribution >= 4 is 45.9 Å². The van der Waals surface area contributed by atoms with E-state index in [0.717, 1.165) is 17.0 Å². The summed E-state index contributed by atoms with van der Waals surface area (Å²) in [5.74, 6) is -0.0858. The van der Waals surface area contributed by atoms with Crippen LogP contribution in [0.4, 0.5) is 5.69 Å². The van der Waals surface area contributed by atoms with Gasteiger partial charge in [0.25, 0.3) is 5.91 Å². The molecule has 2 heterocycles. The minimum atomic E-state index is -0.0858. The van der Waals surface area contributed by atoms with Crippen molar-refractivity contribution in [3.63, 3.8) is 0 Å². The Balaban J connectivity index is 1.78. The van der Waals surface area contributed by atoms with E-state index in [0.29, 0.717) is 10.1 Å². The highest BCUT2D eigenvalue weighted by atomic mass is 32.2. The predicted octanol–water partition coefficient (Wildman–Crippen LogP) is 4.20. The molecular weight excluding hydrogens is 300 g/mol. The van der Waals surface area contributed by atoms with Crippen molar-refractivity contribution in [1.29, 1.82) is 0 Å². The fourth-order valence-corrected chi connectivity index (χ4v) is 3.47. The largest absolute Gasteiger partial charge is 0.300 e. The molecule has 1 N–H and O–H groups in total. The van der Waals surface area contributed by atoms with Crippen LogP contribution in [0.25, 0.3) is 6.08 Å². The van der Waals surface area contributed by atoms with Gasteiger partial charge < -0.3 is 5.32 Å². The zero-order chi connectivity index (χ0) is 14.7. The van der Waals surface area contributed by atoms with Crippen LogP contribution >= 0.6 is 23.1 Å². The number of carbonyl (C=O) groups is 1. The number of benzene rings is 1. The van der Waals surface area contributed by atoms with Crippen LogP contribution in [0.2, 0.25) is 0 Å². The van der Waals surface area contributed by atoms with Crippen LogP contribution in [-0.4, -0.2) is 11.1 Å². The molecule has 0 aliphatic carbocycles. The summed E-state index contributed by atoms with van der Waals surface area (Å²) >= 11 is 2.99. The Morgan fingerprint density at radius 3 is 2.71 bits per heavy atom. The molecule has 1 aromatic carbocycles. The molecular formula is C16H14N2OS2. The molecule has 0 spiro atoms. The maximum absolute atomic E-state index is 11.9. The molecule has 3 rings (SSSR count). The van der Waals surface area contributed by atoms with Crippen molar-refractivity contribution < 1.29 is 4.79 Å². The Bertz CT molecular complexity index is 700. The van der Waals surface area contributed by atoms with Gasteiger partial charge in [-0.15, -0.1) is 11.3 Å². The van der Waals surface area contributed by atoms with Crippen LogP contribution in [0.3, 0.4) is 0 Å². The number of thioether (sulfide) groups is 1. The van der Waals surface area contributed by atoms with Crippen LogP contribution in [0.1, 0.15) is 17.4 Å². The summed E-state index contributed by atoms with van der Waals surface area (Å²) in [6, 6.07) is 12.0. The van der Waals surface area contributed by atoms with E-state index in [2.05, 4.69) is 29.4 Å². The molecule has 0 unspecified atom stereocenters. The minimum Gasteiger partial charge on any atom is -0.300 e. The zero-order valence-electron chi connectivity index (χ0n) is 11.5. The van der Waals surface area contributed by atoms with E-state index in [1.165, 1.54) is 17.3 Å². The normalized spacial score (nSPS) is 18.4. The van der Waals surface area contributed by atoms with Gasteiger partial charge in [0.1, 0.15) is 0 Å². The number of amidine groups is 1. The first kappa shape index (κ1) is 14.1. The first-order chi connectivity index (χ1) is 10.2. The number of carbonyl (C=O) groups excluding carboxylic acids is 1. The summed E-state index contributed by atoms with van der Waals surface area (Å²) in [6.07, 6.45) is 2.91. The summed E-state index contributed by atoms with van der Waals surface area (Å²) in [7, 11) is 0. The maximum Gasteiger partial charge on any atom is 0.264 e. The van der Waals surface area contributed by atoms with Gasteiger partial charge in [0.15, 0.2) is 5.17 Å². The van der Waals surface area contributed by atoms with Crippen LogP contribution in [0.15, 0.2) is 51.7 Å².